The number of ether oxygens (including phenoxy) is 1. The van der Waals surface area contributed by atoms with Crippen molar-refractivity contribution in [1.29, 1.82) is 0 Å². The number of aliphatic hydroxyl groups excluding tert-OH is 1. The Hall–Kier alpha value is -0.970. The van der Waals surface area contributed by atoms with Crippen LogP contribution >= 0.6 is 0 Å². The van der Waals surface area contributed by atoms with Crippen molar-refractivity contribution in [1.82, 2.24) is 9.88 Å². The van der Waals surface area contributed by atoms with Gasteiger partial charge >= 0.3 is 0 Å². The Morgan fingerprint density at radius 2 is 2.24 bits per heavy atom. The van der Waals surface area contributed by atoms with Crippen LogP contribution in [0.15, 0.2) is 24.5 Å². The third kappa shape index (κ3) is 3.25. The fourth-order valence-electron chi connectivity index (χ4n) is 2.39. The monoisotopic (exact) mass is 236 g/mol. The molecule has 17 heavy (non-hydrogen) atoms. The van der Waals surface area contributed by atoms with E-state index in [1.807, 2.05) is 24.5 Å². The zero-order valence-electron chi connectivity index (χ0n) is 10.2. The highest BCUT2D eigenvalue weighted by Crippen LogP contribution is 2.19. The zero-order valence-corrected chi connectivity index (χ0v) is 10.2. The lowest BCUT2D eigenvalue weighted by Gasteiger charge is -2.22. The molecule has 1 fully saturated rings. The van der Waals surface area contributed by atoms with Gasteiger partial charge in [-0.2, -0.15) is 0 Å². The summed E-state index contributed by atoms with van der Waals surface area (Å²) in [6.45, 7) is 2.11. The number of likely N-dealkylation sites (tertiary alicyclic amines) is 1. The van der Waals surface area contributed by atoms with Gasteiger partial charge in [-0.1, -0.05) is 0 Å². The Balaban J connectivity index is 1.86. The lowest BCUT2D eigenvalue weighted by Crippen LogP contribution is -2.34. The van der Waals surface area contributed by atoms with Crippen LogP contribution in [0.3, 0.4) is 0 Å². The van der Waals surface area contributed by atoms with Crippen LogP contribution in [-0.2, 0) is 11.2 Å². The van der Waals surface area contributed by atoms with E-state index >= 15 is 0 Å². The number of aromatic nitrogens is 1. The average Bonchev–Trinajstić information content (AvgIpc) is 2.80. The van der Waals surface area contributed by atoms with Crippen LogP contribution in [0.5, 0.6) is 0 Å². The van der Waals surface area contributed by atoms with E-state index in [2.05, 4.69) is 9.88 Å². The second-order valence-electron chi connectivity index (χ2n) is 4.53. The fraction of sp³-hybridized carbons (Fsp3) is 0.615. The quantitative estimate of drug-likeness (QED) is 0.817. The summed E-state index contributed by atoms with van der Waals surface area (Å²) in [5.41, 5.74) is 1.29. The molecule has 1 aromatic rings. The molecule has 1 aliphatic rings. The number of aliphatic hydroxyl groups is 1. The van der Waals surface area contributed by atoms with E-state index in [0.29, 0.717) is 0 Å². The summed E-state index contributed by atoms with van der Waals surface area (Å²) < 4.78 is 5.36. The van der Waals surface area contributed by atoms with Crippen molar-refractivity contribution in [2.45, 2.75) is 25.0 Å². The maximum atomic E-state index is 9.34. The van der Waals surface area contributed by atoms with E-state index in [1.165, 1.54) is 5.56 Å². The molecule has 0 unspecified atom stereocenters. The average molecular weight is 236 g/mol. The predicted molar refractivity (Wildman–Crippen MR) is 65.8 cm³/mol. The van der Waals surface area contributed by atoms with Crippen molar-refractivity contribution in [3.63, 3.8) is 0 Å². The molecule has 1 aliphatic heterocycles. The first-order valence-corrected chi connectivity index (χ1v) is 6.10. The lowest BCUT2D eigenvalue weighted by atomic mass is 10.2. The third-order valence-electron chi connectivity index (χ3n) is 3.47. The van der Waals surface area contributed by atoms with Crippen LogP contribution < -0.4 is 0 Å². The second kappa shape index (κ2) is 6.10. The highest BCUT2D eigenvalue weighted by molar-refractivity contribution is 5.10. The smallest absolute Gasteiger partial charge is 0.0714 e. The van der Waals surface area contributed by atoms with Crippen molar-refractivity contribution in [3.05, 3.63) is 30.1 Å². The minimum atomic E-state index is 0.218. The maximum Gasteiger partial charge on any atom is 0.0714 e. The summed E-state index contributed by atoms with van der Waals surface area (Å²) in [6.07, 6.45) is 5.84. The normalized spacial score (nSPS) is 25.3. The first-order valence-electron chi connectivity index (χ1n) is 6.10. The molecule has 1 aromatic heterocycles. The summed E-state index contributed by atoms with van der Waals surface area (Å²) >= 11 is 0. The van der Waals surface area contributed by atoms with E-state index in [1.54, 1.807) is 7.11 Å². The van der Waals surface area contributed by atoms with Gasteiger partial charge in [0.25, 0.3) is 0 Å². The van der Waals surface area contributed by atoms with Crippen LogP contribution in [-0.4, -0.2) is 53.9 Å². The molecule has 2 heterocycles. The molecule has 2 rings (SSSR count). The minimum absolute atomic E-state index is 0.218. The summed E-state index contributed by atoms with van der Waals surface area (Å²) in [6, 6.07) is 4.33. The van der Waals surface area contributed by atoms with Gasteiger partial charge in [-0.25, -0.2) is 0 Å². The van der Waals surface area contributed by atoms with Gasteiger partial charge in [-0.3, -0.25) is 9.88 Å². The van der Waals surface area contributed by atoms with Crippen molar-refractivity contribution >= 4 is 0 Å². The Bertz CT molecular complexity index is 331. The molecule has 0 radical (unpaired) electrons. The largest absolute Gasteiger partial charge is 0.395 e. The van der Waals surface area contributed by atoms with Gasteiger partial charge in [0, 0.05) is 38.6 Å². The van der Waals surface area contributed by atoms with E-state index in [0.717, 1.165) is 25.9 Å². The summed E-state index contributed by atoms with van der Waals surface area (Å²) in [5.74, 6) is 0. The van der Waals surface area contributed by atoms with Gasteiger partial charge < -0.3 is 9.84 Å². The van der Waals surface area contributed by atoms with Crippen LogP contribution in [0.2, 0.25) is 0 Å². The number of hydrogen-bond acceptors (Lipinski definition) is 4. The van der Waals surface area contributed by atoms with Crippen molar-refractivity contribution < 1.29 is 9.84 Å². The Kier molecular flexibility index (Phi) is 4.48. The van der Waals surface area contributed by atoms with Crippen LogP contribution in [0.1, 0.15) is 12.0 Å². The molecule has 0 bridgehead atoms. The molecule has 1 N–H and O–H groups in total. The van der Waals surface area contributed by atoms with Crippen LogP contribution in [0.4, 0.5) is 0 Å². The SMILES string of the molecule is CO[C@H]1C[C@@H](CO)N(CCc2ccncc2)C1. The molecule has 0 aromatic carbocycles. The summed E-state index contributed by atoms with van der Waals surface area (Å²) in [5, 5.41) is 9.34. The maximum absolute atomic E-state index is 9.34. The minimum Gasteiger partial charge on any atom is -0.395 e. The number of rotatable bonds is 5. The number of methoxy groups -OCH3 is 1. The molecular formula is C13H20N2O2. The molecule has 1 saturated heterocycles. The lowest BCUT2D eigenvalue weighted by molar-refractivity contribution is 0.108. The van der Waals surface area contributed by atoms with Gasteiger partial charge in [0.1, 0.15) is 0 Å². The fourth-order valence-corrected chi connectivity index (χ4v) is 2.39. The molecule has 0 saturated carbocycles. The number of nitrogens with zero attached hydrogens (tertiary/aromatic N) is 2. The first kappa shape index (κ1) is 12.5. The van der Waals surface area contributed by atoms with E-state index < -0.39 is 0 Å². The molecule has 4 nitrogen and oxygen atoms in total. The van der Waals surface area contributed by atoms with E-state index in [9.17, 15) is 5.11 Å². The predicted octanol–water partition coefficient (Wildman–Crippen LogP) is 0.706. The van der Waals surface area contributed by atoms with Gasteiger partial charge in [-0.15, -0.1) is 0 Å². The third-order valence-corrected chi connectivity index (χ3v) is 3.47. The van der Waals surface area contributed by atoms with Gasteiger partial charge in [0.05, 0.1) is 12.7 Å². The Morgan fingerprint density at radius 3 is 2.88 bits per heavy atom. The number of pyridine rings is 1. The van der Waals surface area contributed by atoms with Crippen molar-refractivity contribution in [2.24, 2.45) is 0 Å². The van der Waals surface area contributed by atoms with Gasteiger partial charge in [-0.05, 0) is 30.5 Å². The Labute approximate surface area is 102 Å². The molecule has 0 spiro atoms. The van der Waals surface area contributed by atoms with Crippen LogP contribution in [0.25, 0.3) is 0 Å². The second-order valence-corrected chi connectivity index (χ2v) is 4.53. The molecule has 2 atom stereocenters. The molecule has 0 aliphatic carbocycles. The topological polar surface area (TPSA) is 45.6 Å². The zero-order chi connectivity index (χ0) is 12.1. The van der Waals surface area contributed by atoms with Crippen LogP contribution in [0, 0.1) is 0 Å². The highest BCUT2D eigenvalue weighted by Gasteiger charge is 2.30. The summed E-state index contributed by atoms with van der Waals surface area (Å²) in [4.78, 5) is 6.32. The molecule has 94 valence electrons. The van der Waals surface area contributed by atoms with Crippen molar-refractivity contribution in [3.8, 4) is 0 Å². The molecule has 4 heteroatoms. The standard InChI is InChI=1S/C13H20N2O2/c1-17-13-8-12(10-16)15(9-13)7-4-11-2-5-14-6-3-11/h2-3,5-6,12-13,16H,4,7-10H2,1H3/t12-,13-/m0/s1. The van der Waals surface area contributed by atoms with E-state index in [-0.39, 0.29) is 18.8 Å². The molecule has 0 amide bonds. The highest BCUT2D eigenvalue weighted by atomic mass is 16.5. The van der Waals surface area contributed by atoms with Gasteiger partial charge in [0.2, 0.25) is 0 Å². The Morgan fingerprint density at radius 1 is 1.47 bits per heavy atom. The van der Waals surface area contributed by atoms with Crippen molar-refractivity contribution in [2.75, 3.05) is 26.8 Å². The molecular weight excluding hydrogens is 216 g/mol. The summed E-state index contributed by atoms with van der Waals surface area (Å²) in [7, 11) is 1.74. The van der Waals surface area contributed by atoms with E-state index in [4.69, 9.17) is 4.74 Å². The first-order chi connectivity index (χ1) is 8.33. The van der Waals surface area contributed by atoms with Gasteiger partial charge in [0.15, 0.2) is 0 Å². The number of hydrogen-bond donors (Lipinski definition) is 1.